The first-order valence-corrected chi connectivity index (χ1v) is 6.34. The molecule has 2 N–H and O–H groups in total. The third-order valence-electron chi connectivity index (χ3n) is 2.63. The van der Waals surface area contributed by atoms with Crippen LogP contribution in [-0.2, 0) is 6.54 Å². The fourth-order valence-corrected chi connectivity index (χ4v) is 1.62. The van der Waals surface area contributed by atoms with E-state index in [2.05, 4.69) is 23.8 Å². The van der Waals surface area contributed by atoms with Crippen molar-refractivity contribution in [1.29, 1.82) is 0 Å². The average molecular weight is 250 g/mol. The number of hydrogen-bond acceptors (Lipinski definition) is 3. The van der Waals surface area contributed by atoms with Crippen LogP contribution < -0.4 is 10.5 Å². The van der Waals surface area contributed by atoms with E-state index >= 15 is 0 Å². The zero-order chi connectivity index (χ0) is 13.4. The normalized spacial score (nSPS) is 11.4. The Balaban J connectivity index is 2.75. The van der Waals surface area contributed by atoms with Gasteiger partial charge in [0.05, 0.1) is 13.2 Å². The van der Waals surface area contributed by atoms with E-state index in [1.807, 2.05) is 24.0 Å². The van der Waals surface area contributed by atoms with Gasteiger partial charge in [-0.2, -0.15) is 0 Å². The Morgan fingerprint density at radius 3 is 2.72 bits per heavy atom. The first-order valence-electron chi connectivity index (χ1n) is 6.34. The summed E-state index contributed by atoms with van der Waals surface area (Å²) in [6.45, 7) is 8.86. The molecule has 0 atom stereocenters. The third kappa shape index (κ3) is 3.91. The first-order chi connectivity index (χ1) is 8.72. The van der Waals surface area contributed by atoms with Crippen molar-refractivity contribution in [3.8, 4) is 5.88 Å². The van der Waals surface area contributed by atoms with Gasteiger partial charge >= 0.3 is 0 Å². The predicted molar refractivity (Wildman–Crippen MR) is 73.7 cm³/mol. The van der Waals surface area contributed by atoms with Gasteiger partial charge in [-0.25, -0.2) is 9.98 Å². The van der Waals surface area contributed by atoms with Crippen molar-refractivity contribution in [3.05, 3.63) is 23.9 Å². The van der Waals surface area contributed by atoms with E-state index < -0.39 is 0 Å². The molecule has 0 aliphatic heterocycles. The van der Waals surface area contributed by atoms with Crippen LogP contribution in [0.1, 0.15) is 26.3 Å². The summed E-state index contributed by atoms with van der Waals surface area (Å²) in [6.07, 6.45) is 1.71. The maximum Gasteiger partial charge on any atom is 0.218 e. The van der Waals surface area contributed by atoms with Crippen molar-refractivity contribution in [3.63, 3.8) is 0 Å². The van der Waals surface area contributed by atoms with Crippen LogP contribution in [0, 0.1) is 0 Å². The number of ether oxygens (including phenoxy) is 1. The van der Waals surface area contributed by atoms with E-state index in [1.54, 1.807) is 6.20 Å². The lowest BCUT2D eigenvalue weighted by molar-refractivity contribution is 0.323. The van der Waals surface area contributed by atoms with E-state index in [9.17, 15) is 0 Å². The number of nitrogens with zero attached hydrogens (tertiary/aromatic N) is 3. The largest absolute Gasteiger partial charge is 0.478 e. The van der Waals surface area contributed by atoms with Gasteiger partial charge in [0.1, 0.15) is 0 Å². The SMILES string of the molecule is CCOc1ncccc1CN=C(N)N(CC)CC. The number of guanidine groups is 1. The Morgan fingerprint density at radius 1 is 1.39 bits per heavy atom. The van der Waals surface area contributed by atoms with Crippen molar-refractivity contribution >= 4 is 5.96 Å². The molecule has 100 valence electrons. The molecule has 0 bridgehead atoms. The molecule has 5 nitrogen and oxygen atoms in total. The van der Waals surface area contributed by atoms with E-state index in [0.29, 0.717) is 25.0 Å². The van der Waals surface area contributed by atoms with E-state index in [1.165, 1.54) is 0 Å². The fraction of sp³-hybridized carbons (Fsp3) is 0.538. The average Bonchev–Trinajstić information content (AvgIpc) is 2.39. The Labute approximate surface area is 109 Å². The van der Waals surface area contributed by atoms with Crippen molar-refractivity contribution < 1.29 is 4.74 Å². The Kier molecular flexibility index (Phi) is 5.97. The number of aliphatic imine (C=N–C) groups is 1. The van der Waals surface area contributed by atoms with Gasteiger partial charge in [-0.3, -0.25) is 0 Å². The van der Waals surface area contributed by atoms with Crippen LogP contribution in [0.15, 0.2) is 23.3 Å². The molecular formula is C13H22N4O. The second-order valence-electron chi connectivity index (χ2n) is 3.75. The van der Waals surface area contributed by atoms with E-state index in [4.69, 9.17) is 10.5 Å². The maximum atomic E-state index is 5.93. The molecule has 0 unspecified atom stereocenters. The highest BCUT2D eigenvalue weighted by atomic mass is 16.5. The van der Waals surface area contributed by atoms with E-state index in [0.717, 1.165) is 18.7 Å². The number of nitrogens with two attached hydrogens (primary N) is 1. The van der Waals surface area contributed by atoms with Gasteiger partial charge in [0, 0.05) is 24.8 Å². The highest BCUT2D eigenvalue weighted by Crippen LogP contribution is 2.15. The molecule has 0 saturated carbocycles. The van der Waals surface area contributed by atoms with Crippen molar-refractivity contribution in [2.24, 2.45) is 10.7 Å². The van der Waals surface area contributed by atoms with Gasteiger partial charge in [-0.15, -0.1) is 0 Å². The lowest BCUT2D eigenvalue weighted by Gasteiger charge is -2.19. The van der Waals surface area contributed by atoms with Crippen LogP contribution in [-0.4, -0.2) is 35.5 Å². The van der Waals surface area contributed by atoms with Gasteiger partial charge in [-0.1, -0.05) is 6.07 Å². The number of hydrogen-bond donors (Lipinski definition) is 1. The summed E-state index contributed by atoms with van der Waals surface area (Å²) in [6, 6.07) is 3.83. The molecule has 0 saturated heterocycles. The molecule has 0 aromatic carbocycles. The zero-order valence-electron chi connectivity index (χ0n) is 11.4. The summed E-state index contributed by atoms with van der Waals surface area (Å²) in [5.41, 5.74) is 6.88. The number of aromatic nitrogens is 1. The molecule has 1 aromatic heterocycles. The van der Waals surface area contributed by atoms with Gasteiger partial charge < -0.3 is 15.4 Å². The summed E-state index contributed by atoms with van der Waals surface area (Å²) < 4.78 is 5.45. The minimum Gasteiger partial charge on any atom is -0.478 e. The molecule has 1 heterocycles. The summed E-state index contributed by atoms with van der Waals surface area (Å²) in [5.74, 6) is 1.20. The summed E-state index contributed by atoms with van der Waals surface area (Å²) in [4.78, 5) is 10.6. The second kappa shape index (κ2) is 7.53. The van der Waals surface area contributed by atoms with Crippen LogP contribution in [0.2, 0.25) is 0 Å². The number of pyridine rings is 1. The first kappa shape index (κ1) is 14.3. The molecule has 0 fully saturated rings. The van der Waals surface area contributed by atoms with Crippen LogP contribution in [0.25, 0.3) is 0 Å². The monoisotopic (exact) mass is 250 g/mol. The Hall–Kier alpha value is -1.78. The number of rotatable bonds is 6. The Bertz CT molecular complexity index is 388. The van der Waals surface area contributed by atoms with Crippen molar-refractivity contribution in [2.75, 3.05) is 19.7 Å². The van der Waals surface area contributed by atoms with Gasteiger partial charge in [0.25, 0.3) is 0 Å². The van der Waals surface area contributed by atoms with Crippen molar-refractivity contribution in [2.45, 2.75) is 27.3 Å². The second-order valence-corrected chi connectivity index (χ2v) is 3.75. The van der Waals surface area contributed by atoms with Gasteiger partial charge in [0.15, 0.2) is 5.96 Å². The highest BCUT2D eigenvalue weighted by Gasteiger charge is 2.05. The van der Waals surface area contributed by atoms with Crippen LogP contribution >= 0.6 is 0 Å². The van der Waals surface area contributed by atoms with Crippen LogP contribution in [0.3, 0.4) is 0 Å². The zero-order valence-corrected chi connectivity index (χ0v) is 11.4. The molecule has 18 heavy (non-hydrogen) atoms. The van der Waals surface area contributed by atoms with Gasteiger partial charge in [0.2, 0.25) is 5.88 Å². The quantitative estimate of drug-likeness (QED) is 0.616. The van der Waals surface area contributed by atoms with Crippen LogP contribution in [0.4, 0.5) is 0 Å². The molecule has 0 radical (unpaired) electrons. The standard InChI is InChI=1S/C13H22N4O/c1-4-17(5-2)13(14)16-10-11-8-7-9-15-12(11)18-6-3/h7-9H,4-6,10H2,1-3H3,(H2,14,16). The predicted octanol–water partition coefficient (Wildman–Crippen LogP) is 1.64. The molecule has 1 aromatic rings. The fourth-order valence-electron chi connectivity index (χ4n) is 1.62. The van der Waals surface area contributed by atoms with E-state index in [-0.39, 0.29) is 0 Å². The molecule has 0 amide bonds. The highest BCUT2D eigenvalue weighted by molar-refractivity contribution is 5.78. The van der Waals surface area contributed by atoms with Crippen molar-refractivity contribution in [1.82, 2.24) is 9.88 Å². The topological polar surface area (TPSA) is 63.7 Å². The summed E-state index contributed by atoms with van der Waals surface area (Å²) in [5, 5.41) is 0. The minimum atomic E-state index is 0.492. The maximum absolute atomic E-state index is 5.93. The molecule has 0 aliphatic rings. The lowest BCUT2D eigenvalue weighted by atomic mass is 10.3. The lowest BCUT2D eigenvalue weighted by Crippen LogP contribution is -2.37. The Morgan fingerprint density at radius 2 is 2.11 bits per heavy atom. The summed E-state index contributed by atoms with van der Waals surface area (Å²) >= 11 is 0. The summed E-state index contributed by atoms with van der Waals surface area (Å²) in [7, 11) is 0. The smallest absolute Gasteiger partial charge is 0.218 e. The van der Waals surface area contributed by atoms with Gasteiger partial charge in [-0.05, 0) is 26.8 Å². The third-order valence-corrected chi connectivity index (χ3v) is 2.63. The molecule has 0 spiro atoms. The van der Waals surface area contributed by atoms with Crippen LogP contribution in [0.5, 0.6) is 5.88 Å². The molecule has 0 aliphatic carbocycles. The molecule has 5 heteroatoms. The minimum absolute atomic E-state index is 0.492. The molecular weight excluding hydrogens is 228 g/mol. The molecule has 1 rings (SSSR count).